The summed E-state index contributed by atoms with van der Waals surface area (Å²) in [7, 11) is 3.15. The van der Waals surface area contributed by atoms with Crippen LogP contribution in [-0.4, -0.2) is 43.9 Å². The number of hydrogen-bond donors (Lipinski definition) is 1. The van der Waals surface area contributed by atoms with Crippen LogP contribution in [0.5, 0.6) is 0 Å². The zero-order valence-electron chi connectivity index (χ0n) is 6.70. The van der Waals surface area contributed by atoms with Gasteiger partial charge in [-0.3, -0.25) is 0 Å². The smallest absolute Gasteiger partial charge is 0.108 e. The molecule has 0 heterocycles. The Bertz CT molecular complexity index is 71.4. The second kappa shape index (κ2) is 5.61. The third kappa shape index (κ3) is 3.79. The van der Waals surface area contributed by atoms with E-state index in [1.165, 1.54) is 0 Å². The van der Waals surface area contributed by atoms with Crippen LogP contribution < -0.4 is 0 Å². The van der Waals surface area contributed by atoms with E-state index in [4.69, 9.17) is 14.6 Å². The van der Waals surface area contributed by atoms with E-state index in [1.807, 2.05) is 0 Å². The van der Waals surface area contributed by atoms with E-state index in [1.54, 1.807) is 26.0 Å². The second-order valence-corrected chi connectivity index (χ2v) is 2.06. The lowest BCUT2D eigenvalue weighted by molar-refractivity contribution is -0.0995. The molecule has 0 aliphatic rings. The molecule has 0 radical (unpaired) electrons. The average molecular weight is 149 g/mol. The Morgan fingerprint density at radius 3 is 1.90 bits per heavy atom. The van der Waals surface area contributed by atoms with Crippen LogP contribution in [0, 0.1) is 0 Å². The van der Waals surface area contributed by atoms with Crippen LogP contribution in [0.25, 0.3) is 0 Å². The van der Waals surface area contributed by atoms with E-state index in [-0.39, 0.29) is 0 Å². The third-order valence-electron chi connectivity index (χ3n) is 1.12. The zero-order chi connectivity index (χ0) is 7.98. The lowest BCUT2D eigenvalue weighted by Crippen LogP contribution is -2.35. The first-order valence-electron chi connectivity index (χ1n) is 3.12. The van der Waals surface area contributed by atoms with Crippen molar-refractivity contribution in [2.75, 3.05) is 27.7 Å². The molecule has 0 amide bonds. The van der Waals surface area contributed by atoms with Gasteiger partial charge in [-0.05, 0) is 6.92 Å². The molecule has 0 aromatic heterocycles. The van der Waals surface area contributed by atoms with Gasteiger partial charge in [-0.1, -0.05) is 0 Å². The minimum absolute atomic E-state index is 0.380. The van der Waals surface area contributed by atoms with Gasteiger partial charge in [-0.25, -0.2) is 4.90 Å². The zero-order valence-corrected chi connectivity index (χ0v) is 6.70. The summed E-state index contributed by atoms with van der Waals surface area (Å²) in [6.07, 6.45) is -0.528. The summed E-state index contributed by atoms with van der Waals surface area (Å²) in [5.74, 6) is 0. The molecule has 0 aromatic rings. The number of aliphatic hydroxyl groups excluding tert-OH is 1. The molecule has 0 saturated heterocycles. The topological polar surface area (TPSA) is 41.9 Å². The van der Waals surface area contributed by atoms with Gasteiger partial charge < -0.3 is 14.6 Å². The highest BCUT2D eigenvalue weighted by Crippen LogP contribution is 1.93. The number of rotatable bonds is 5. The lowest BCUT2D eigenvalue weighted by atomic mass is 10.6. The van der Waals surface area contributed by atoms with Crippen molar-refractivity contribution in [3.8, 4) is 0 Å². The molecule has 0 bridgehead atoms. The molecule has 0 fully saturated rings. The summed E-state index contributed by atoms with van der Waals surface area (Å²) in [5.41, 5.74) is 0. The Morgan fingerprint density at radius 1 is 1.30 bits per heavy atom. The molecular weight excluding hydrogens is 134 g/mol. The molecule has 4 heteroatoms. The molecular formula is C6H15NO3. The van der Waals surface area contributed by atoms with E-state index in [9.17, 15) is 0 Å². The van der Waals surface area contributed by atoms with Gasteiger partial charge >= 0.3 is 0 Å². The van der Waals surface area contributed by atoms with Gasteiger partial charge in [0, 0.05) is 14.2 Å². The lowest BCUT2D eigenvalue weighted by Gasteiger charge is -2.22. The van der Waals surface area contributed by atoms with Crippen LogP contribution in [0.15, 0.2) is 0 Å². The quantitative estimate of drug-likeness (QED) is 0.551. The van der Waals surface area contributed by atoms with Crippen molar-refractivity contribution in [2.24, 2.45) is 0 Å². The first kappa shape index (κ1) is 9.84. The normalized spacial score (nSPS) is 14.1. The summed E-state index contributed by atoms with van der Waals surface area (Å²) >= 11 is 0. The van der Waals surface area contributed by atoms with Crippen molar-refractivity contribution < 1.29 is 14.6 Å². The summed E-state index contributed by atoms with van der Waals surface area (Å²) in [4.78, 5) is 1.64. The largest absolute Gasteiger partial charge is 0.379 e. The van der Waals surface area contributed by atoms with E-state index >= 15 is 0 Å². The summed E-state index contributed by atoms with van der Waals surface area (Å²) in [6.45, 7) is 2.43. The molecule has 0 saturated carbocycles. The molecule has 10 heavy (non-hydrogen) atoms. The van der Waals surface area contributed by atoms with Crippen LogP contribution >= 0.6 is 0 Å². The number of ether oxygens (including phenoxy) is 2. The maximum atomic E-state index is 9.04. The Labute approximate surface area is 61.3 Å². The Kier molecular flexibility index (Phi) is 5.52. The fraction of sp³-hybridized carbons (Fsp3) is 1.00. The Hall–Kier alpha value is -0.160. The van der Waals surface area contributed by atoms with Gasteiger partial charge in [-0.15, -0.1) is 0 Å². The Morgan fingerprint density at radius 2 is 1.70 bits per heavy atom. The van der Waals surface area contributed by atoms with Crippen LogP contribution in [0.1, 0.15) is 6.92 Å². The average Bonchev–Trinajstić information content (AvgIpc) is 1.87. The van der Waals surface area contributed by atoms with Crippen molar-refractivity contribution in [3.63, 3.8) is 0 Å². The number of nitrogens with zero attached hydrogens (tertiary/aromatic N) is 1. The SMILES string of the molecule is COCN(COC)C(C)O. The van der Waals surface area contributed by atoms with Gasteiger partial charge in [-0.2, -0.15) is 0 Å². The van der Waals surface area contributed by atoms with Crippen LogP contribution in [-0.2, 0) is 9.47 Å². The fourth-order valence-electron chi connectivity index (χ4n) is 0.585. The standard InChI is InChI=1S/C6H15NO3/c1-6(8)7(4-9-2)5-10-3/h6,8H,4-5H2,1-3H3. The number of methoxy groups -OCH3 is 2. The molecule has 4 nitrogen and oxygen atoms in total. The number of hydrogen-bond acceptors (Lipinski definition) is 4. The van der Waals surface area contributed by atoms with Crippen molar-refractivity contribution in [3.05, 3.63) is 0 Å². The Balaban J connectivity index is 3.50. The highest BCUT2D eigenvalue weighted by Gasteiger charge is 2.08. The van der Waals surface area contributed by atoms with Crippen LogP contribution in [0.3, 0.4) is 0 Å². The fourth-order valence-corrected chi connectivity index (χ4v) is 0.585. The molecule has 0 aliphatic heterocycles. The molecule has 1 atom stereocenters. The van der Waals surface area contributed by atoms with Gasteiger partial charge in [0.15, 0.2) is 0 Å². The first-order valence-corrected chi connectivity index (χ1v) is 3.12. The second-order valence-electron chi connectivity index (χ2n) is 2.06. The molecule has 0 aliphatic carbocycles. The van der Waals surface area contributed by atoms with E-state index in [0.29, 0.717) is 13.5 Å². The minimum Gasteiger partial charge on any atom is -0.379 e. The first-order chi connectivity index (χ1) is 4.72. The highest BCUT2D eigenvalue weighted by atomic mass is 16.5. The molecule has 62 valence electrons. The monoisotopic (exact) mass is 149 g/mol. The summed E-state index contributed by atoms with van der Waals surface area (Å²) in [5, 5.41) is 9.04. The van der Waals surface area contributed by atoms with Crippen molar-refractivity contribution in [1.82, 2.24) is 4.90 Å². The molecule has 1 N–H and O–H groups in total. The van der Waals surface area contributed by atoms with Gasteiger partial charge in [0.05, 0.1) is 0 Å². The molecule has 0 rings (SSSR count). The van der Waals surface area contributed by atoms with E-state index in [0.717, 1.165) is 0 Å². The van der Waals surface area contributed by atoms with Gasteiger partial charge in [0.2, 0.25) is 0 Å². The number of aliphatic hydroxyl groups is 1. The van der Waals surface area contributed by atoms with Gasteiger partial charge in [0.25, 0.3) is 0 Å². The molecule has 0 aromatic carbocycles. The maximum absolute atomic E-state index is 9.04. The highest BCUT2D eigenvalue weighted by molar-refractivity contribution is 4.44. The van der Waals surface area contributed by atoms with Crippen molar-refractivity contribution in [2.45, 2.75) is 13.2 Å². The summed E-state index contributed by atoms with van der Waals surface area (Å²) < 4.78 is 9.61. The predicted octanol–water partition coefficient (Wildman–Crippen LogP) is -0.165. The van der Waals surface area contributed by atoms with Crippen molar-refractivity contribution >= 4 is 0 Å². The predicted molar refractivity (Wildman–Crippen MR) is 37.3 cm³/mol. The van der Waals surface area contributed by atoms with E-state index < -0.39 is 6.23 Å². The van der Waals surface area contributed by atoms with Crippen LogP contribution in [0.2, 0.25) is 0 Å². The molecule has 1 unspecified atom stereocenters. The van der Waals surface area contributed by atoms with Crippen LogP contribution in [0.4, 0.5) is 0 Å². The molecule has 0 spiro atoms. The third-order valence-corrected chi connectivity index (χ3v) is 1.12. The van der Waals surface area contributed by atoms with Gasteiger partial charge in [0.1, 0.15) is 19.7 Å². The van der Waals surface area contributed by atoms with Crippen molar-refractivity contribution in [1.29, 1.82) is 0 Å². The minimum atomic E-state index is -0.528. The summed E-state index contributed by atoms with van der Waals surface area (Å²) in [6, 6.07) is 0. The maximum Gasteiger partial charge on any atom is 0.108 e. The van der Waals surface area contributed by atoms with E-state index in [2.05, 4.69) is 0 Å².